The highest BCUT2D eigenvalue weighted by Gasteiger charge is 2.07. The summed E-state index contributed by atoms with van der Waals surface area (Å²) in [4.78, 5) is 15.8. The molecule has 2 aromatic heterocycles. The van der Waals surface area contributed by atoms with Crippen LogP contribution in [0.1, 0.15) is 19.5 Å². The van der Waals surface area contributed by atoms with E-state index in [9.17, 15) is 4.79 Å². The molecule has 0 aliphatic carbocycles. The smallest absolute Gasteiger partial charge is 0.222 e. The molecule has 5 heteroatoms. The zero-order chi connectivity index (χ0) is 12.4. The maximum Gasteiger partial charge on any atom is 0.222 e. The second kappa shape index (κ2) is 4.87. The first-order valence-electron chi connectivity index (χ1n) is 5.47. The van der Waals surface area contributed by atoms with Gasteiger partial charge in [-0.15, -0.1) is 0 Å². The van der Waals surface area contributed by atoms with E-state index in [1.54, 1.807) is 0 Å². The number of hydrogen-bond donors (Lipinski definition) is 1. The average molecular weight is 296 g/mol. The van der Waals surface area contributed by atoms with Crippen LogP contribution in [0, 0.1) is 5.92 Å². The summed E-state index contributed by atoms with van der Waals surface area (Å²) in [5, 5.41) is 2.85. The van der Waals surface area contributed by atoms with Gasteiger partial charge in [0.05, 0.1) is 12.2 Å². The molecule has 0 aromatic carbocycles. The van der Waals surface area contributed by atoms with Crippen LogP contribution in [-0.4, -0.2) is 15.3 Å². The first-order valence-corrected chi connectivity index (χ1v) is 6.26. The summed E-state index contributed by atoms with van der Waals surface area (Å²) in [6.45, 7) is 4.21. The normalized spacial score (nSPS) is 11.1. The highest BCUT2D eigenvalue weighted by molar-refractivity contribution is 9.10. The lowest BCUT2D eigenvalue weighted by molar-refractivity contribution is -0.124. The van der Waals surface area contributed by atoms with Crippen molar-refractivity contribution < 1.29 is 4.79 Å². The minimum atomic E-state index is 0.00109. The van der Waals surface area contributed by atoms with Gasteiger partial charge in [-0.3, -0.25) is 4.79 Å². The predicted octanol–water partition coefficient (Wildman–Crippen LogP) is 2.37. The molecule has 0 aliphatic heterocycles. The van der Waals surface area contributed by atoms with Crippen molar-refractivity contribution in [3.63, 3.8) is 0 Å². The van der Waals surface area contributed by atoms with E-state index in [1.165, 1.54) is 0 Å². The van der Waals surface area contributed by atoms with Gasteiger partial charge in [-0.25, -0.2) is 4.98 Å². The standard InChI is InChI=1S/C12H14BrN3O/c1-8(2)12(17)14-5-10-7-16-6-9(13)3-4-11(16)15-10/h3-4,6-8H,5H2,1-2H3,(H,14,17). The van der Waals surface area contributed by atoms with Gasteiger partial charge in [0.25, 0.3) is 0 Å². The van der Waals surface area contributed by atoms with E-state index < -0.39 is 0 Å². The molecular formula is C12H14BrN3O. The number of halogens is 1. The van der Waals surface area contributed by atoms with Crippen molar-refractivity contribution in [3.8, 4) is 0 Å². The molecular weight excluding hydrogens is 282 g/mol. The number of aromatic nitrogens is 2. The molecule has 4 nitrogen and oxygen atoms in total. The molecule has 1 amide bonds. The molecule has 0 spiro atoms. The van der Waals surface area contributed by atoms with Gasteiger partial charge in [-0.05, 0) is 28.1 Å². The molecule has 0 saturated heterocycles. The molecule has 0 fully saturated rings. The van der Waals surface area contributed by atoms with Gasteiger partial charge in [0.2, 0.25) is 5.91 Å². The number of fused-ring (bicyclic) bond motifs is 1. The third-order valence-corrected chi connectivity index (χ3v) is 2.90. The zero-order valence-corrected chi connectivity index (χ0v) is 11.4. The van der Waals surface area contributed by atoms with Crippen LogP contribution in [0.15, 0.2) is 29.0 Å². The van der Waals surface area contributed by atoms with E-state index in [-0.39, 0.29) is 11.8 Å². The molecule has 90 valence electrons. The van der Waals surface area contributed by atoms with Crippen LogP contribution in [0.3, 0.4) is 0 Å². The number of nitrogens with one attached hydrogen (secondary N) is 1. The Morgan fingerprint density at radius 1 is 1.47 bits per heavy atom. The summed E-state index contributed by atoms with van der Waals surface area (Å²) in [7, 11) is 0. The Labute approximate surface area is 108 Å². The van der Waals surface area contributed by atoms with Crippen LogP contribution in [0.4, 0.5) is 0 Å². The number of carbonyl (C=O) groups is 1. The molecule has 0 saturated carbocycles. The molecule has 0 radical (unpaired) electrons. The fraction of sp³-hybridized carbons (Fsp3) is 0.333. The van der Waals surface area contributed by atoms with E-state index >= 15 is 0 Å². The van der Waals surface area contributed by atoms with Crippen molar-refractivity contribution in [1.82, 2.24) is 14.7 Å². The van der Waals surface area contributed by atoms with Crippen LogP contribution >= 0.6 is 15.9 Å². The maximum absolute atomic E-state index is 11.4. The molecule has 0 bridgehead atoms. The van der Waals surface area contributed by atoms with Gasteiger partial charge in [0.1, 0.15) is 5.65 Å². The number of rotatable bonds is 3. The second-order valence-corrected chi connectivity index (χ2v) is 5.13. The van der Waals surface area contributed by atoms with Crippen molar-refractivity contribution >= 4 is 27.5 Å². The molecule has 0 aliphatic rings. The summed E-state index contributed by atoms with van der Waals surface area (Å²) in [6.07, 6.45) is 3.86. The highest BCUT2D eigenvalue weighted by Crippen LogP contribution is 2.12. The van der Waals surface area contributed by atoms with E-state index in [0.29, 0.717) is 6.54 Å². The molecule has 1 N–H and O–H groups in total. The summed E-state index contributed by atoms with van der Waals surface area (Å²) >= 11 is 3.40. The highest BCUT2D eigenvalue weighted by atomic mass is 79.9. The first kappa shape index (κ1) is 12.1. The lowest BCUT2D eigenvalue weighted by atomic mass is 10.2. The third-order valence-electron chi connectivity index (χ3n) is 2.43. The van der Waals surface area contributed by atoms with Gasteiger partial charge < -0.3 is 9.72 Å². The Morgan fingerprint density at radius 2 is 2.24 bits per heavy atom. The van der Waals surface area contributed by atoms with Crippen LogP contribution in [0.2, 0.25) is 0 Å². The molecule has 2 aromatic rings. The van der Waals surface area contributed by atoms with Gasteiger partial charge >= 0.3 is 0 Å². The number of pyridine rings is 1. The SMILES string of the molecule is CC(C)C(=O)NCc1cn2cc(Br)ccc2n1. The second-order valence-electron chi connectivity index (χ2n) is 4.22. The number of imidazole rings is 1. The average Bonchev–Trinajstić information content (AvgIpc) is 2.67. The molecule has 2 rings (SSSR count). The zero-order valence-electron chi connectivity index (χ0n) is 9.77. The molecule has 2 heterocycles. The minimum absolute atomic E-state index is 0.00109. The predicted molar refractivity (Wildman–Crippen MR) is 69.6 cm³/mol. The summed E-state index contributed by atoms with van der Waals surface area (Å²) in [5.41, 5.74) is 1.74. The molecule has 0 atom stereocenters. The molecule has 0 unspecified atom stereocenters. The van der Waals surface area contributed by atoms with E-state index in [2.05, 4.69) is 26.2 Å². The van der Waals surface area contributed by atoms with E-state index in [1.807, 2.05) is 42.8 Å². The van der Waals surface area contributed by atoms with Gasteiger partial charge in [0.15, 0.2) is 0 Å². The monoisotopic (exact) mass is 295 g/mol. The van der Waals surface area contributed by atoms with E-state index in [4.69, 9.17) is 0 Å². The number of carbonyl (C=O) groups excluding carboxylic acids is 1. The summed E-state index contributed by atoms with van der Waals surface area (Å²) < 4.78 is 2.93. The lowest BCUT2D eigenvalue weighted by Crippen LogP contribution is -2.27. The Bertz CT molecular complexity index is 548. The fourth-order valence-corrected chi connectivity index (χ4v) is 1.84. The van der Waals surface area contributed by atoms with Crippen molar-refractivity contribution in [3.05, 3.63) is 34.7 Å². The fourth-order valence-electron chi connectivity index (χ4n) is 1.48. The van der Waals surface area contributed by atoms with Crippen LogP contribution in [-0.2, 0) is 11.3 Å². The van der Waals surface area contributed by atoms with Gasteiger partial charge in [0, 0.05) is 22.8 Å². The van der Waals surface area contributed by atoms with Crippen molar-refractivity contribution in [1.29, 1.82) is 0 Å². The van der Waals surface area contributed by atoms with Crippen molar-refractivity contribution in [2.45, 2.75) is 20.4 Å². The summed E-state index contributed by atoms with van der Waals surface area (Å²) in [5.74, 6) is 0.0458. The Balaban J connectivity index is 2.12. The Kier molecular flexibility index (Phi) is 3.47. The van der Waals surface area contributed by atoms with Crippen molar-refractivity contribution in [2.75, 3.05) is 0 Å². The van der Waals surface area contributed by atoms with E-state index in [0.717, 1.165) is 15.8 Å². The minimum Gasteiger partial charge on any atom is -0.350 e. The third kappa shape index (κ3) is 2.85. The molecule has 17 heavy (non-hydrogen) atoms. The first-order chi connectivity index (χ1) is 8.06. The van der Waals surface area contributed by atoms with Crippen LogP contribution in [0.25, 0.3) is 5.65 Å². The maximum atomic E-state index is 11.4. The Morgan fingerprint density at radius 3 is 2.94 bits per heavy atom. The van der Waals surface area contributed by atoms with Crippen molar-refractivity contribution in [2.24, 2.45) is 5.92 Å². The topological polar surface area (TPSA) is 46.4 Å². The lowest BCUT2D eigenvalue weighted by Gasteiger charge is -2.04. The van der Waals surface area contributed by atoms with Crippen LogP contribution in [0.5, 0.6) is 0 Å². The Hall–Kier alpha value is -1.36. The summed E-state index contributed by atoms with van der Waals surface area (Å²) in [6, 6.07) is 3.87. The quantitative estimate of drug-likeness (QED) is 0.945. The van der Waals surface area contributed by atoms with Crippen LogP contribution < -0.4 is 5.32 Å². The number of hydrogen-bond acceptors (Lipinski definition) is 2. The largest absolute Gasteiger partial charge is 0.350 e. The number of nitrogens with zero attached hydrogens (tertiary/aromatic N) is 2. The van der Waals surface area contributed by atoms with Gasteiger partial charge in [-0.1, -0.05) is 13.8 Å². The van der Waals surface area contributed by atoms with Gasteiger partial charge in [-0.2, -0.15) is 0 Å². The number of amides is 1.